The smallest absolute Gasteiger partial charge is 0.358 e. The Morgan fingerprint density at radius 3 is 2.71 bits per heavy atom. The number of aromatic nitrogens is 1. The Kier molecular flexibility index (Phi) is 5.58. The molecule has 9 heteroatoms. The van der Waals surface area contributed by atoms with Gasteiger partial charge in [-0.3, -0.25) is 4.72 Å². The number of carbonyl (C=O) groups is 1. The van der Waals surface area contributed by atoms with Crippen LogP contribution in [0.4, 0.5) is 5.69 Å². The molecule has 0 aliphatic rings. The maximum Gasteiger partial charge on any atom is 0.358 e. The lowest BCUT2D eigenvalue weighted by Gasteiger charge is -2.16. The molecule has 2 rings (SSSR count). The summed E-state index contributed by atoms with van der Waals surface area (Å²) in [6.45, 7) is 2.52. The van der Waals surface area contributed by atoms with E-state index >= 15 is 0 Å². The molecule has 1 aromatic carbocycles. The number of methoxy groups -OCH3 is 1. The topological polar surface area (TPSA) is 88.6 Å². The fourth-order valence-corrected chi connectivity index (χ4v) is 4.38. The standard InChI is InChI=1S/C15H19N3O4S2/c1-10-5-6-12(11(7-10)8-18(2)3)17-24(20,21)15-13(14(19)22-4)16-9-23-15/h5-7,9,17H,8H2,1-4H3. The molecular weight excluding hydrogens is 350 g/mol. The normalized spacial score (nSPS) is 11.5. The molecule has 1 aromatic heterocycles. The third-order valence-corrected chi connectivity index (χ3v) is 5.88. The zero-order valence-corrected chi connectivity index (χ0v) is 15.5. The Morgan fingerprint density at radius 1 is 1.38 bits per heavy atom. The maximum absolute atomic E-state index is 12.7. The Bertz CT molecular complexity index is 844. The molecule has 0 bridgehead atoms. The van der Waals surface area contributed by atoms with Gasteiger partial charge >= 0.3 is 5.97 Å². The van der Waals surface area contributed by atoms with Crippen molar-refractivity contribution < 1.29 is 17.9 Å². The van der Waals surface area contributed by atoms with Crippen LogP contribution in [0.5, 0.6) is 0 Å². The molecule has 0 aliphatic carbocycles. The van der Waals surface area contributed by atoms with Gasteiger partial charge in [-0.1, -0.05) is 17.7 Å². The SMILES string of the molecule is COC(=O)c1ncsc1S(=O)(=O)Nc1ccc(C)cc1CN(C)C. The minimum atomic E-state index is -3.94. The molecule has 0 radical (unpaired) electrons. The van der Waals surface area contributed by atoms with E-state index in [9.17, 15) is 13.2 Å². The van der Waals surface area contributed by atoms with Crippen LogP contribution in [-0.4, -0.2) is 45.5 Å². The third kappa shape index (κ3) is 4.11. The number of thiazole rings is 1. The van der Waals surface area contributed by atoms with Crippen molar-refractivity contribution in [3.05, 3.63) is 40.5 Å². The van der Waals surface area contributed by atoms with Crippen LogP contribution in [-0.2, 0) is 21.3 Å². The monoisotopic (exact) mass is 369 g/mol. The molecule has 130 valence electrons. The average Bonchev–Trinajstić information content (AvgIpc) is 2.99. The van der Waals surface area contributed by atoms with Crippen molar-refractivity contribution in [2.24, 2.45) is 0 Å². The fraction of sp³-hybridized carbons (Fsp3) is 0.333. The third-order valence-electron chi connectivity index (χ3n) is 3.15. The van der Waals surface area contributed by atoms with Gasteiger partial charge in [0.05, 0.1) is 18.3 Å². The van der Waals surface area contributed by atoms with E-state index in [0.29, 0.717) is 12.2 Å². The van der Waals surface area contributed by atoms with E-state index in [1.54, 1.807) is 6.07 Å². The predicted octanol–water partition coefficient (Wildman–Crippen LogP) is 2.10. The molecule has 0 fully saturated rings. The van der Waals surface area contributed by atoms with Crippen LogP contribution in [0.1, 0.15) is 21.6 Å². The lowest BCUT2D eigenvalue weighted by Crippen LogP contribution is -2.18. The van der Waals surface area contributed by atoms with Gasteiger partial charge in [-0.15, -0.1) is 11.3 Å². The molecule has 2 aromatic rings. The molecule has 0 aliphatic heterocycles. The van der Waals surface area contributed by atoms with Crippen molar-refractivity contribution in [2.45, 2.75) is 17.7 Å². The summed E-state index contributed by atoms with van der Waals surface area (Å²) in [5, 5.41) is 0. The lowest BCUT2D eigenvalue weighted by atomic mass is 10.1. The number of anilines is 1. The van der Waals surface area contributed by atoms with Crippen LogP contribution in [0, 0.1) is 6.92 Å². The molecule has 0 spiro atoms. The molecule has 0 atom stereocenters. The highest BCUT2D eigenvalue weighted by atomic mass is 32.2. The lowest BCUT2D eigenvalue weighted by molar-refractivity contribution is 0.0590. The summed E-state index contributed by atoms with van der Waals surface area (Å²) in [5.41, 5.74) is 3.43. The number of esters is 1. The van der Waals surface area contributed by atoms with Crippen LogP contribution < -0.4 is 4.72 Å². The Labute approximate surface area is 145 Å². The highest BCUT2D eigenvalue weighted by Gasteiger charge is 2.27. The number of hydrogen-bond acceptors (Lipinski definition) is 7. The van der Waals surface area contributed by atoms with Crippen molar-refractivity contribution >= 4 is 33.0 Å². The largest absolute Gasteiger partial charge is 0.464 e. The van der Waals surface area contributed by atoms with Gasteiger partial charge in [0, 0.05) is 6.54 Å². The highest BCUT2D eigenvalue weighted by Crippen LogP contribution is 2.26. The first-order chi connectivity index (χ1) is 11.2. The second kappa shape index (κ2) is 7.29. The number of ether oxygens (including phenoxy) is 1. The van der Waals surface area contributed by atoms with E-state index in [1.165, 1.54) is 12.6 Å². The molecule has 0 amide bonds. The molecule has 0 unspecified atom stereocenters. The van der Waals surface area contributed by atoms with Gasteiger partial charge in [-0.2, -0.15) is 0 Å². The number of sulfonamides is 1. The number of rotatable bonds is 6. The Hall–Kier alpha value is -1.97. The van der Waals surface area contributed by atoms with Gasteiger partial charge < -0.3 is 9.64 Å². The van der Waals surface area contributed by atoms with Crippen LogP contribution >= 0.6 is 11.3 Å². The number of aryl methyl sites for hydroxylation is 1. The van der Waals surface area contributed by atoms with Crippen LogP contribution in [0.3, 0.4) is 0 Å². The van der Waals surface area contributed by atoms with E-state index in [2.05, 4.69) is 14.4 Å². The second-order valence-corrected chi connectivity index (χ2v) is 8.22. The van der Waals surface area contributed by atoms with E-state index in [-0.39, 0.29) is 9.90 Å². The van der Waals surface area contributed by atoms with Crippen LogP contribution in [0.15, 0.2) is 27.9 Å². The summed E-state index contributed by atoms with van der Waals surface area (Å²) in [6, 6.07) is 5.46. The van der Waals surface area contributed by atoms with Crippen molar-refractivity contribution in [3.63, 3.8) is 0 Å². The maximum atomic E-state index is 12.7. The molecule has 0 saturated heterocycles. The van der Waals surface area contributed by atoms with Gasteiger partial charge in [0.15, 0.2) is 9.90 Å². The van der Waals surface area contributed by atoms with Crippen molar-refractivity contribution in [2.75, 3.05) is 25.9 Å². The molecule has 0 saturated carbocycles. The fourth-order valence-electron chi connectivity index (χ4n) is 2.14. The van der Waals surface area contributed by atoms with Crippen LogP contribution in [0.25, 0.3) is 0 Å². The van der Waals surface area contributed by atoms with Gasteiger partial charge in [0.25, 0.3) is 10.0 Å². The van der Waals surface area contributed by atoms with Crippen molar-refractivity contribution in [1.82, 2.24) is 9.88 Å². The number of carbonyl (C=O) groups excluding carboxylic acids is 1. The van der Waals surface area contributed by atoms with Crippen molar-refractivity contribution in [1.29, 1.82) is 0 Å². The van der Waals surface area contributed by atoms with Crippen LogP contribution in [0.2, 0.25) is 0 Å². The minimum absolute atomic E-state index is 0.161. The zero-order chi connectivity index (χ0) is 17.9. The van der Waals surface area contributed by atoms with Gasteiger partial charge in [0.2, 0.25) is 0 Å². The zero-order valence-electron chi connectivity index (χ0n) is 13.9. The van der Waals surface area contributed by atoms with Crippen molar-refractivity contribution in [3.8, 4) is 0 Å². The summed E-state index contributed by atoms with van der Waals surface area (Å²) in [4.78, 5) is 17.4. The second-order valence-electron chi connectivity index (χ2n) is 5.48. The molecule has 1 heterocycles. The molecule has 24 heavy (non-hydrogen) atoms. The summed E-state index contributed by atoms with van der Waals surface area (Å²) >= 11 is 0.870. The summed E-state index contributed by atoms with van der Waals surface area (Å²) in [5.74, 6) is -0.783. The number of nitrogens with one attached hydrogen (secondary N) is 1. The number of nitrogens with zero attached hydrogens (tertiary/aromatic N) is 2. The van der Waals surface area contributed by atoms with Gasteiger partial charge in [0.1, 0.15) is 0 Å². The van der Waals surface area contributed by atoms with Gasteiger partial charge in [-0.25, -0.2) is 18.2 Å². The highest BCUT2D eigenvalue weighted by molar-refractivity contribution is 7.94. The molecule has 7 nitrogen and oxygen atoms in total. The van der Waals surface area contributed by atoms with E-state index in [1.807, 2.05) is 38.1 Å². The minimum Gasteiger partial charge on any atom is -0.464 e. The molecular formula is C15H19N3O4S2. The predicted molar refractivity (Wildman–Crippen MR) is 92.8 cm³/mol. The first-order valence-electron chi connectivity index (χ1n) is 7.03. The first-order valence-corrected chi connectivity index (χ1v) is 9.39. The Morgan fingerprint density at radius 2 is 2.08 bits per heavy atom. The average molecular weight is 369 g/mol. The van der Waals surface area contributed by atoms with E-state index in [0.717, 1.165) is 22.5 Å². The first kappa shape index (κ1) is 18.4. The van der Waals surface area contributed by atoms with E-state index < -0.39 is 16.0 Å². The quantitative estimate of drug-likeness (QED) is 0.785. The summed E-state index contributed by atoms with van der Waals surface area (Å²) in [6.07, 6.45) is 0. The number of benzene rings is 1. The summed E-state index contributed by atoms with van der Waals surface area (Å²) in [7, 11) is 1.04. The summed E-state index contributed by atoms with van der Waals surface area (Å²) < 4.78 is 32.3. The Balaban J connectivity index is 2.40. The number of hydrogen-bond donors (Lipinski definition) is 1. The van der Waals surface area contributed by atoms with E-state index in [4.69, 9.17) is 0 Å². The molecule has 1 N–H and O–H groups in total. The van der Waals surface area contributed by atoms with Gasteiger partial charge in [-0.05, 0) is 32.6 Å².